The lowest BCUT2D eigenvalue weighted by Crippen LogP contribution is -2.56. The van der Waals surface area contributed by atoms with Crippen molar-refractivity contribution in [3.05, 3.63) is 0 Å². The van der Waals surface area contributed by atoms with E-state index < -0.39 is 42.8 Å². The number of aliphatic hydroxyl groups is 4. The Kier molecular flexibility index (Phi) is 17.9. The Balaban J connectivity index is 2.05. The maximum atomic E-state index is 11.6. The first-order valence-electron chi connectivity index (χ1n) is 13.1. The normalized spacial score (nSPS) is 25.9. The van der Waals surface area contributed by atoms with Crippen LogP contribution in [0.2, 0.25) is 0 Å². The molecule has 0 aromatic rings. The standard InChI is InChI=1S/C25H46FO9P/c1-17-21(16-32-18(2)36)34-25(24(31)23(17)30)33-15-20(28)13-11-9-7-5-3-4-6-8-10-12-19(27)14-22(29)35-26/h17,19-21,23-25,27-28,30-31,36H,3-16H2,1-2H3/t17-,19?,20?,21-,23+,24-,25-/m1/s1. The molecule has 0 aromatic carbocycles. The molecule has 11 heteroatoms. The van der Waals surface area contributed by atoms with Crippen LogP contribution in [0, 0.1) is 5.92 Å². The minimum Gasteiger partial charge on any atom is -0.393 e. The Hall–Kier alpha value is -0.710. The van der Waals surface area contributed by atoms with E-state index in [0.29, 0.717) is 18.3 Å². The minimum absolute atomic E-state index is 0.0172. The van der Waals surface area contributed by atoms with E-state index >= 15 is 0 Å². The average molecular weight is 541 g/mol. The summed E-state index contributed by atoms with van der Waals surface area (Å²) in [5, 5.41) is 40.4. The fraction of sp³-hybridized carbons (Fsp3) is 0.920. The molecule has 4 N–H and O–H groups in total. The van der Waals surface area contributed by atoms with E-state index in [1.165, 1.54) is 0 Å². The van der Waals surface area contributed by atoms with Crippen LogP contribution < -0.4 is 0 Å². The molecule has 1 fully saturated rings. The van der Waals surface area contributed by atoms with Crippen LogP contribution in [-0.2, 0) is 23.9 Å². The zero-order valence-corrected chi connectivity index (χ0v) is 22.6. The van der Waals surface area contributed by atoms with Crippen LogP contribution in [0.3, 0.4) is 0 Å². The van der Waals surface area contributed by atoms with Gasteiger partial charge in [-0.15, -0.1) is 0 Å². The number of halogens is 1. The van der Waals surface area contributed by atoms with E-state index in [2.05, 4.69) is 13.8 Å². The monoisotopic (exact) mass is 540 g/mol. The van der Waals surface area contributed by atoms with Crippen molar-refractivity contribution in [3.63, 3.8) is 0 Å². The molecule has 1 aliphatic heterocycles. The molecule has 0 aliphatic carbocycles. The number of unbranched alkanes of at least 4 members (excludes halogenated alkanes) is 8. The summed E-state index contributed by atoms with van der Waals surface area (Å²) in [7, 11) is 3.27. The molecule has 1 aliphatic rings. The molecule has 212 valence electrons. The van der Waals surface area contributed by atoms with E-state index in [1.807, 2.05) is 0 Å². The molecular formula is C25H46FO9P. The van der Waals surface area contributed by atoms with Gasteiger partial charge in [-0.05, 0) is 19.8 Å². The summed E-state index contributed by atoms with van der Waals surface area (Å²) in [6.45, 7) is 3.76. The number of carbonyl (C=O) groups is 1. The third-order valence-electron chi connectivity index (χ3n) is 6.54. The van der Waals surface area contributed by atoms with Crippen molar-refractivity contribution in [2.45, 2.75) is 128 Å². The number of carbonyl (C=O) groups excluding carboxylic acids is 1. The van der Waals surface area contributed by atoms with Gasteiger partial charge in [-0.25, -0.2) is 4.79 Å². The largest absolute Gasteiger partial charge is 0.393 e. The van der Waals surface area contributed by atoms with Crippen LogP contribution in [0.4, 0.5) is 4.53 Å². The smallest absolute Gasteiger partial charge is 0.351 e. The Morgan fingerprint density at radius 3 is 2.00 bits per heavy atom. The molecule has 1 heterocycles. The zero-order chi connectivity index (χ0) is 26.9. The van der Waals surface area contributed by atoms with Gasteiger partial charge in [0.15, 0.2) is 6.29 Å². The summed E-state index contributed by atoms with van der Waals surface area (Å²) in [4.78, 5) is 13.8. The lowest BCUT2D eigenvalue weighted by Gasteiger charge is -2.41. The van der Waals surface area contributed by atoms with Crippen molar-refractivity contribution in [2.24, 2.45) is 5.92 Å². The number of rotatable bonds is 20. The first kappa shape index (κ1) is 33.3. The van der Waals surface area contributed by atoms with E-state index in [-0.39, 0.29) is 25.6 Å². The van der Waals surface area contributed by atoms with Crippen molar-refractivity contribution >= 4 is 20.3 Å². The third-order valence-corrected chi connectivity index (χ3v) is 6.69. The van der Waals surface area contributed by atoms with Crippen molar-refractivity contribution in [3.8, 4) is 0 Å². The fourth-order valence-corrected chi connectivity index (χ4v) is 4.30. The maximum Gasteiger partial charge on any atom is 0.351 e. The van der Waals surface area contributed by atoms with Crippen LogP contribution in [0.1, 0.15) is 90.9 Å². The van der Waals surface area contributed by atoms with Crippen molar-refractivity contribution in [1.82, 2.24) is 0 Å². The van der Waals surface area contributed by atoms with Crippen LogP contribution in [0.25, 0.3) is 0 Å². The SMILES string of the molecule is CC(=P)OC[C@H]1O[C@@H](OCC(O)CCCCCCCCCCCC(O)CC(=O)OF)[C@H](O)[C@@H](O)[C@@H]1C. The topological polar surface area (TPSA) is 135 Å². The van der Waals surface area contributed by atoms with Gasteiger partial charge in [0.05, 0.1) is 49.5 Å². The Morgan fingerprint density at radius 2 is 1.47 bits per heavy atom. The van der Waals surface area contributed by atoms with E-state index in [1.54, 1.807) is 13.8 Å². The molecule has 0 spiro atoms. The highest BCUT2D eigenvalue weighted by Gasteiger charge is 2.43. The van der Waals surface area contributed by atoms with Gasteiger partial charge < -0.3 is 34.6 Å². The van der Waals surface area contributed by atoms with Crippen molar-refractivity contribution in [2.75, 3.05) is 13.2 Å². The molecule has 7 atom stereocenters. The van der Waals surface area contributed by atoms with Crippen molar-refractivity contribution in [1.29, 1.82) is 0 Å². The van der Waals surface area contributed by atoms with Gasteiger partial charge in [0.25, 0.3) is 0 Å². The molecule has 0 amide bonds. The third kappa shape index (κ3) is 14.3. The minimum atomic E-state index is -1.19. The molecule has 1 saturated heterocycles. The second kappa shape index (κ2) is 19.4. The second-order valence-electron chi connectivity index (χ2n) is 9.80. The first-order chi connectivity index (χ1) is 17.1. The highest BCUT2D eigenvalue weighted by atomic mass is 31.0. The van der Waals surface area contributed by atoms with E-state index in [4.69, 9.17) is 14.2 Å². The average Bonchev–Trinajstić information content (AvgIpc) is 2.84. The Bertz CT molecular complexity index is 612. The molecule has 0 saturated carbocycles. The molecule has 0 radical (unpaired) electrons. The van der Waals surface area contributed by atoms with E-state index in [9.17, 15) is 29.7 Å². The highest BCUT2D eigenvalue weighted by molar-refractivity contribution is 7.20. The van der Waals surface area contributed by atoms with Crippen LogP contribution in [0.15, 0.2) is 0 Å². The summed E-state index contributed by atoms with van der Waals surface area (Å²) >= 11 is 0. The van der Waals surface area contributed by atoms with Gasteiger partial charge in [-0.3, -0.25) is 4.94 Å². The predicted molar refractivity (Wildman–Crippen MR) is 135 cm³/mol. The van der Waals surface area contributed by atoms with Crippen LogP contribution in [0.5, 0.6) is 0 Å². The van der Waals surface area contributed by atoms with Gasteiger partial charge in [0, 0.05) is 10.4 Å². The summed E-state index contributed by atoms with van der Waals surface area (Å²) in [6, 6.07) is 0. The fourth-order valence-electron chi connectivity index (χ4n) is 4.22. The number of ether oxygens (including phenoxy) is 3. The zero-order valence-electron chi connectivity index (χ0n) is 21.6. The molecule has 0 aromatic heterocycles. The van der Waals surface area contributed by atoms with Gasteiger partial charge >= 0.3 is 5.97 Å². The summed E-state index contributed by atoms with van der Waals surface area (Å²) < 4.78 is 28.4. The number of hydrogen-bond donors (Lipinski definition) is 4. The number of hydrogen-bond acceptors (Lipinski definition) is 9. The van der Waals surface area contributed by atoms with Crippen LogP contribution in [-0.4, -0.2) is 81.9 Å². The Morgan fingerprint density at radius 1 is 0.944 bits per heavy atom. The van der Waals surface area contributed by atoms with Gasteiger partial charge in [0.2, 0.25) is 0 Å². The van der Waals surface area contributed by atoms with E-state index in [0.717, 1.165) is 57.8 Å². The lowest BCUT2D eigenvalue weighted by molar-refractivity contribution is -0.291. The number of aliphatic hydroxyl groups excluding tert-OH is 4. The molecule has 0 bridgehead atoms. The first-order valence-corrected chi connectivity index (χ1v) is 13.6. The second-order valence-corrected chi connectivity index (χ2v) is 10.5. The molecule has 36 heavy (non-hydrogen) atoms. The molecule has 9 nitrogen and oxygen atoms in total. The molecular weight excluding hydrogens is 494 g/mol. The summed E-state index contributed by atoms with van der Waals surface area (Å²) in [5.41, 5.74) is 0.591. The van der Waals surface area contributed by atoms with Crippen molar-refractivity contribution < 1.29 is 48.9 Å². The quantitative estimate of drug-likeness (QED) is 0.136. The lowest BCUT2D eigenvalue weighted by atomic mass is 9.91. The maximum absolute atomic E-state index is 11.6. The molecule has 1 rings (SSSR count). The predicted octanol–water partition coefficient (Wildman–Crippen LogP) is 3.23. The van der Waals surface area contributed by atoms with Gasteiger partial charge in [-0.1, -0.05) is 73.6 Å². The Labute approximate surface area is 216 Å². The highest BCUT2D eigenvalue weighted by Crippen LogP contribution is 2.27. The summed E-state index contributed by atoms with van der Waals surface area (Å²) in [5.74, 6) is -1.36. The van der Waals surface area contributed by atoms with Gasteiger partial charge in [0.1, 0.15) is 6.10 Å². The van der Waals surface area contributed by atoms with Gasteiger partial charge in [-0.2, -0.15) is 0 Å². The molecule has 2 unspecified atom stereocenters. The summed E-state index contributed by atoms with van der Waals surface area (Å²) in [6.07, 6.45) is 4.68. The van der Waals surface area contributed by atoms with Crippen LogP contribution >= 0.6 is 8.86 Å².